The monoisotopic (exact) mass is 384 g/mol. The van der Waals surface area contributed by atoms with E-state index in [4.69, 9.17) is 11.6 Å². The third-order valence-corrected chi connectivity index (χ3v) is 5.58. The van der Waals surface area contributed by atoms with Crippen molar-refractivity contribution in [1.82, 2.24) is 29.2 Å². The first-order chi connectivity index (χ1) is 13.2. The summed E-state index contributed by atoms with van der Waals surface area (Å²) in [6, 6.07) is 8.17. The van der Waals surface area contributed by atoms with Crippen LogP contribution in [0.3, 0.4) is 0 Å². The molecule has 0 saturated carbocycles. The number of imidazole rings is 1. The number of rotatable bonds is 6. The van der Waals surface area contributed by atoms with Crippen LogP contribution in [0.4, 0.5) is 0 Å². The lowest BCUT2D eigenvalue weighted by molar-refractivity contribution is 0.200. The normalized spacial score (nSPS) is 16.1. The summed E-state index contributed by atoms with van der Waals surface area (Å²) in [5, 5.41) is 9.82. The topological polar surface area (TPSA) is 51.8 Å². The van der Waals surface area contributed by atoms with Crippen molar-refractivity contribution < 1.29 is 0 Å². The molecule has 1 aliphatic rings. The Bertz CT molecular complexity index is 847. The molecule has 1 aromatic carbocycles. The number of nitrogens with zero attached hydrogens (tertiary/aromatic N) is 6. The van der Waals surface area contributed by atoms with Gasteiger partial charge in [-0.15, -0.1) is 10.2 Å². The summed E-state index contributed by atoms with van der Waals surface area (Å²) in [7, 11) is 0. The lowest BCUT2D eigenvalue weighted by Gasteiger charge is -2.31. The highest BCUT2D eigenvalue weighted by atomic mass is 35.5. The van der Waals surface area contributed by atoms with Crippen LogP contribution in [0.2, 0.25) is 5.02 Å². The van der Waals surface area contributed by atoms with Gasteiger partial charge >= 0.3 is 0 Å². The van der Waals surface area contributed by atoms with Crippen LogP contribution in [0.1, 0.15) is 42.9 Å². The maximum atomic E-state index is 5.98. The van der Waals surface area contributed by atoms with Crippen LogP contribution < -0.4 is 0 Å². The average molecular weight is 385 g/mol. The molecule has 1 fully saturated rings. The minimum absolute atomic E-state index is 0.482. The van der Waals surface area contributed by atoms with E-state index in [2.05, 4.69) is 43.7 Å². The van der Waals surface area contributed by atoms with Crippen LogP contribution in [0.5, 0.6) is 0 Å². The zero-order valence-electron chi connectivity index (χ0n) is 15.6. The molecule has 0 N–H and O–H groups in total. The Morgan fingerprint density at radius 1 is 1.07 bits per heavy atom. The molecule has 0 atom stereocenters. The molecule has 142 valence electrons. The molecular formula is C20H25ClN6. The third-order valence-electron chi connectivity index (χ3n) is 5.33. The predicted octanol–water partition coefficient (Wildman–Crippen LogP) is 3.58. The fourth-order valence-corrected chi connectivity index (χ4v) is 3.98. The van der Waals surface area contributed by atoms with Gasteiger partial charge in [0.15, 0.2) is 5.82 Å². The maximum absolute atomic E-state index is 5.98. The molecule has 0 aliphatic carbocycles. The quantitative estimate of drug-likeness (QED) is 0.651. The van der Waals surface area contributed by atoms with Crippen LogP contribution >= 0.6 is 11.6 Å². The van der Waals surface area contributed by atoms with Gasteiger partial charge in [0.25, 0.3) is 0 Å². The SMILES string of the molecule is CCn1c(Cn2ccnc2)nnc1C1CCN(Cc2ccc(Cl)cc2)CC1. The number of hydrogen-bond donors (Lipinski definition) is 0. The van der Waals surface area contributed by atoms with Gasteiger partial charge in [0.2, 0.25) is 0 Å². The standard InChI is InChI=1S/C20H25ClN6/c1-2-27-19(14-26-12-9-22-15-26)23-24-20(27)17-7-10-25(11-8-17)13-16-3-5-18(21)6-4-16/h3-6,9,12,15,17H,2,7-8,10-11,13-14H2,1H3. The summed E-state index contributed by atoms with van der Waals surface area (Å²) in [5.41, 5.74) is 1.32. The zero-order chi connectivity index (χ0) is 18.6. The highest BCUT2D eigenvalue weighted by Gasteiger charge is 2.25. The molecule has 0 amide bonds. The molecule has 27 heavy (non-hydrogen) atoms. The van der Waals surface area contributed by atoms with E-state index in [1.165, 1.54) is 5.56 Å². The molecular weight excluding hydrogens is 360 g/mol. The number of piperidine rings is 1. The summed E-state index contributed by atoms with van der Waals surface area (Å²) in [4.78, 5) is 6.62. The summed E-state index contributed by atoms with van der Waals surface area (Å²) in [6.45, 7) is 6.94. The highest BCUT2D eigenvalue weighted by molar-refractivity contribution is 6.30. The fraction of sp³-hybridized carbons (Fsp3) is 0.450. The summed E-state index contributed by atoms with van der Waals surface area (Å²) >= 11 is 5.98. The van der Waals surface area contributed by atoms with Crippen LogP contribution in [-0.2, 0) is 19.6 Å². The Morgan fingerprint density at radius 3 is 2.52 bits per heavy atom. The molecule has 3 heterocycles. The van der Waals surface area contributed by atoms with Crippen molar-refractivity contribution in [2.75, 3.05) is 13.1 Å². The Balaban J connectivity index is 1.39. The minimum Gasteiger partial charge on any atom is -0.330 e. The van der Waals surface area contributed by atoms with Crippen molar-refractivity contribution in [3.05, 3.63) is 65.2 Å². The number of aromatic nitrogens is 5. The molecule has 2 aromatic heterocycles. The summed E-state index contributed by atoms with van der Waals surface area (Å²) < 4.78 is 4.31. The Kier molecular flexibility index (Phi) is 5.55. The molecule has 6 nitrogen and oxygen atoms in total. The molecule has 1 aliphatic heterocycles. The molecule has 4 rings (SSSR count). The zero-order valence-corrected chi connectivity index (χ0v) is 16.4. The average Bonchev–Trinajstić information content (AvgIpc) is 3.34. The van der Waals surface area contributed by atoms with Gasteiger partial charge in [-0.1, -0.05) is 23.7 Å². The maximum Gasteiger partial charge on any atom is 0.153 e. The molecule has 0 bridgehead atoms. The smallest absolute Gasteiger partial charge is 0.153 e. The van der Waals surface area contributed by atoms with E-state index in [1.54, 1.807) is 6.20 Å². The van der Waals surface area contributed by atoms with Crippen LogP contribution in [-0.4, -0.2) is 42.3 Å². The van der Waals surface area contributed by atoms with Gasteiger partial charge in [-0.2, -0.15) is 0 Å². The van der Waals surface area contributed by atoms with E-state index in [-0.39, 0.29) is 0 Å². The molecule has 0 radical (unpaired) electrons. The largest absolute Gasteiger partial charge is 0.330 e. The number of likely N-dealkylation sites (tertiary alicyclic amines) is 1. The van der Waals surface area contributed by atoms with Crippen molar-refractivity contribution >= 4 is 11.6 Å². The highest BCUT2D eigenvalue weighted by Crippen LogP contribution is 2.28. The lowest BCUT2D eigenvalue weighted by Crippen LogP contribution is -2.33. The second kappa shape index (κ2) is 8.23. The van der Waals surface area contributed by atoms with Gasteiger partial charge < -0.3 is 9.13 Å². The Labute approximate surface area is 164 Å². The van der Waals surface area contributed by atoms with Gasteiger partial charge in [-0.3, -0.25) is 4.90 Å². The first-order valence-electron chi connectivity index (χ1n) is 9.57. The van der Waals surface area contributed by atoms with Crippen LogP contribution in [0.25, 0.3) is 0 Å². The van der Waals surface area contributed by atoms with Crippen LogP contribution in [0, 0.1) is 0 Å². The van der Waals surface area contributed by atoms with E-state index >= 15 is 0 Å². The second-order valence-corrected chi connectivity index (χ2v) is 7.57. The first-order valence-corrected chi connectivity index (χ1v) is 9.95. The number of hydrogen-bond acceptors (Lipinski definition) is 4. The van der Waals surface area contributed by atoms with Gasteiger partial charge in [0.05, 0.1) is 12.9 Å². The van der Waals surface area contributed by atoms with Gasteiger partial charge in [-0.05, 0) is 50.6 Å². The van der Waals surface area contributed by atoms with E-state index in [9.17, 15) is 0 Å². The molecule has 7 heteroatoms. The van der Waals surface area contributed by atoms with Crippen molar-refractivity contribution in [3.8, 4) is 0 Å². The molecule has 0 unspecified atom stereocenters. The van der Waals surface area contributed by atoms with Crippen molar-refractivity contribution in [1.29, 1.82) is 0 Å². The summed E-state index contributed by atoms with van der Waals surface area (Å²) in [5.74, 6) is 2.63. The predicted molar refractivity (Wildman–Crippen MR) is 106 cm³/mol. The first kappa shape index (κ1) is 18.2. The van der Waals surface area contributed by atoms with Gasteiger partial charge in [-0.25, -0.2) is 4.98 Å². The van der Waals surface area contributed by atoms with Crippen LogP contribution in [0.15, 0.2) is 43.0 Å². The number of halogens is 1. The molecule has 0 spiro atoms. The number of benzene rings is 1. The van der Waals surface area contributed by atoms with Crippen molar-refractivity contribution in [2.24, 2.45) is 0 Å². The van der Waals surface area contributed by atoms with Crippen molar-refractivity contribution in [2.45, 2.75) is 45.3 Å². The van der Waals surface area contributed by atoms with E-state index in [0.29, 0.717) is 5.92 Å². The van der Waals surface area contributed by atoms with E-state index in [0.717, 1.165) is 62.2 Å². The lowest BCUT2D eigenvalue weighted by atomic mass is 9.95. The van der Waals surface area contributed by atoms with Gasteiger partial charge in [0, 0.05) is 36.4 Å². The third kappa shape index (κ3) is 4.22. The Morgan fingerprint density at radius 2 is 1.85 bits per heavy atom. The van der Waals surface area contributed by atoms with Gasteiger partial charge in [0.1, 0.15) is 5.82 Å². The summed E-state index contributed by atoms with van der Waals surface area (Å²) in [6.07, 6.45) is 7.82. The van der Waals surface area contributed by atoms with Crippen molar-refractivity contribution in [3.63, 3.8) is 0 Å². The molecule has 3 aromatic rings. The second-order valence-electron chi connectivity index (χ2n) is 7.13. The van der Waals surface area contributed by atoms with E-state index in [1.807, 2.05) is 29.2 Å². The van der Waals surface area contributed by atoms with E-state index < -0.39 is 0 Å². The minimum atomic E-state index is 0.482. The fourth-order valence-electron chi connectivity index (χ4n) is 3.85. The Hall–Kier alpha value is -2.18. The molecule has 1 saturated heterocycles.